The van der Waals surface area contributed by atoms with E-state index in [0.29, 0.717) is 31.7 Å². The van der Waals surface area contributed by atoms with Gasteiger partial charge in [-0.05, 0) is 51.6 Å². The predicted octanol–water partition coefficient (Wildman–Crippen LogP) is 2.79. The number of hydrogen-bond donors (Lipinski definition) is 1. The lowest BCUT2D eigenvalue weighted by Crippen LogP contribution is -2.40. The quantitative estimate of drug-likeness (QED) is 0.840. The van der Waals surface area contributed by atoms with Crippen LogP contribution in [-0.4, -0.2) is 43.3 Å². The van der Waals surface area contributed by atoms with Gasteiger partial charge in [0.1, 0.15) is 0 Å². The van der Waals surface area contributed by atoms with Crippen LogP contribution in [0.4, 0.5) is 13.2 Å². The first-order chi connectivity index (χ1) is 8.55. The van der Waals surface area contributed by atoms with E-state index < -0.39 is 12.1 Å². The summed E-state index contributed by atoms with van der Waals surface area (Å²) in [6.07, 6.45) is 0.526. The van der Waals surface area contributed by atoms with Crippen LogP contribution in [0.15, 0.2) is 0 Å². The van der Waals surface area contributed by atoms with Crippen molar-refractivity contribution in [2.45, 2.75) is 50.7 Å². The molecular weight excluding hydrogens is 241 g/mol. The highest BCUT2D eigenvalue weighted by Crippen LogP contribution is 2.37. The normalized spacial score (nSPS) is 30.8. The lowest BCUT2D eigenvalue weighted by atomic mass is 9.85. The first kappa shape index (κ1) is 14.1. The molecule has 0 amide bonds. The summed E-state index contributed by atoms with van der Waals surface area (Å²) in [5, 5.41) is 3.41. The molecule has 1 heterocycles. The molecule has 2 nitrogen and oxygen atoms in total. The SMILES string of the molecule is FC(F)(F)C1CCC(NCCN2CCCC2)CC1. The molecule has 1 N–H and O–H groups in total. The zero-order valence-electron chi connectivity index (χ0n) is 10.8. The molecule has 0 aromatic heterocycles. The van der Waals surface area contributed by atoms with Crippen LogP contribution in [0.2, 0.25) is 0 Å². The number of halogens is 3. The van der Waals surface area contributed by atoms with Gasteiger partial charge < -0.3 is 10.2 Å². The van der Waals surface area contributed by atoms with Gasteiger partial charge in [-0.3, -0.25) is 0 Å². The minimum absolute atomic E-state index is 0.297. The van der Waals surface area contributed by atoms with Gasteiger partial charge in [0.15, 0.2) is 0 Å². The van der Waals surface area contributed by atoms with Gasteiger partial charge in [-0.25, -0.2) is 0 Å². The van der Waals surface area contributed by atoms with E-state index in [0.717, 1.165) is 13.1 Å². The lowest BCUT2D eigenvalue weighted by Gasteiger charge is -2.30. The number of rotatable bonds is 4. The van der Waals surface area contributed by atoms with E-state index in [1.54, 1.807) is 0 Å². The monoisotopic (exact) mass is 264 g/mol. The fraction of sp³-hybridized carbons (Fsp3) is 1.00. The van der Waals surface area contributed by atoms with E-state index in [4.69, 9.17) is 0 Å². The number of hydrogen-bond acceptors (Lipinski definition) is 2. The fourth-order valence-electron chi connectivity index (χ4n) is 3.06. The van der Waals surface area contributed by atoms with Gasteiger partial charge in [0, 0.05) is 19.1 Å². The van der Waals surface area contributed by atoms with Crippen molar-refractivity contribution in [3.8, 4) is 0 Å². The maximum Gasteiger partial charge on any atom is 0.391 e. The predicted molar refractivity (Wildman–Crippen MR) is 65.5 cm³/mol. The Morgan fingerprint density at radius 1 is 1.00 bits per heavy atom. The van der Waals surface area contributed by atoms with Crippen molar-refractivity contribution in [3.05, 3.63) is 0 Å². The summed E-state index contributed by atoms with van der Waals surface area (Å²) in [5.74, 6) is -1.06. The van der Waals surface area contributed by atoms with E-state index in [2.05, 4.69) is 10.2 Å². The molecule has 0 aromatic rings. The smallest absolute Gasteiger partial charge is 0.313 e. The Hall–Kier alpha value is -0.290. The van der Waals surface area contributed by atoms with E-state index >= 15 is 0 Å². The van der Waals surface area contributed by atoms with Crippen LogP contribution in [0.3, 0.4) is 0 Å². The average molecular weight is 264 g/mol. The second-order valence-electron chi connectivity index (χ2n) is 5.59. The Labute approximate surface area is 107 Å². The average Bonchev–Trinajstić information content (AvgIpc) is 2.82. The molecule has 0 radical (unpaired) electrons. The summed E-state index contributed by atoms with van der Waals surface area (Å²) in [6, 6.07) is 0.297. The molecule has 0 unspecified atom stereocenters. The second kappa shape index (κ2) is 6.24. The topological polar surface area (TPSA) is 15.3 Å². The second-order valence-corrected chi connectivity index (χ2v) is 5.59. The highest BCUT2D eigenvalue weighted by atomic mass is 19.4. The molecule has 2 rings (SSSR count). The number of likely N-dealkylation sites (tertiary alicyclic amines) is 1. The molecule has 0 spiro atoms. The maximum atomic E-state index is 12.5. The third-order valence-corrected chi connectivity index (χ3v) is 4.25. The van der Waals surface area contributed by atoms with E-state index in [1.165, 1.54) is 25.9 Å². The molecule has 1 saturated carbocycles. The summed E-state index contributed by atoms with van der Waals surface area (Å²) < 4.78 is 37.5. The number of alkyl halides is 3. The van der Waals surface area contributed by atoms with Crippen molar-refractivity contribution < 1.29 is 13.2 Å². The minimum Gasteiger partial charge on any atom is -0.313 e. The largest absolute Gasteiger partial charge is 0.391 e. The third-order valence-electron chi connectivity index (χ3n) is 4.25. The molecule has 18 heavy (non-hydrogen) atoms. The van der Waals surface area contributed by atoms with Gasteiger partial charge in [-0.15, -0.1) is 0 Å². The Bertz CT molecular complexity index is 241. The summed E-state index contributed by atoms with van der Waals surface area (Å²) in [4.78, 5) is 2.42. The molecular formula is C13H23F3N2. The molecule has 2 fully saturated rings. The highest BCUT2D eigenvalue weighted by Gasteiger charge is 2.41. The minimum atomic E-state index is -3.99. The van der Waals surface area contributed by atoms with Gasteiger partial charge in [-0.1, -0.05) is 0 Å². The molecule has 1 saturated heterocycles. The van der Waals surface area contributed by atoms with Crippen molar-refractivity contribution in [1.29, 1.82) is 0 Å². The molecule has 0 aromatic carbocycles. The summed E-state index contributed by atoms with van der Waals surface area (Å²) in [6.45, 7) is 4.32. The zero-order valence-corrected chi connectivity index (χ0v) is 10.8. The molecule has 1 aliphatic carbocycles. The first-order valence-corrected chi connectivity index (χ1v) is 7.08. The maximum absolute atomic E-state index is 12.5. The summed E-state index contributed by atoms with van der Waals surface area (Å²) in [5.41, 5.74) is 0. The van der Waals surface area contributed by atoms with Gasteiger partial charge in [-0.2, -0.15) is 13.2 Å². The van der Waals surface area contributed by atoms with Crippen molar-refractivity contribution >= 4 is 0 Å². The Morgan fingerprint density at radius 2 is 1.61 bits per heavy atom. The Kier molecular flexibility index (Phi) is 4.90. The van der Waals surface area contributed by atoms with Crippen molar-refractivity contribution in [2.24, 2.45) is 5.92 Å². The highest BCUT2D eigenvalue weighted by molar-refractivity contribution is 4.81. The molecule has 0 atom stereocenters. The van der Waals surface area contributed by atoms with Crippen LogP contribution in [0, 0.1) is 5.92 Å². The van der Waals surface area contributed by atoms with Gasteiger partial charge in [0.05, 0.1) is 5.92 Å². The van der Waals surface area contributed by atoms with Crippen molar-refractivity contribution in [2.75, 3.05) is 26.2 Å². The Morgan fingerprint density at radius 3 is 2.17 bits per heavy atom. The first-order valence-electron chi connectivity index (χ1n) is 7.08. The zero-order chi connectivity index (χ0) is 13.0. The van der Waals surface area contributed by atoms with Crippen LogP contribution < -0.4 is 5.32 Å². The summed E-state index contributed by atoms with van der Waals surface area (Å²) in [7, 11) is 0. The standard InChI is InChI=1S/C13H23F3N2/c14-13(15,16)11-3-5-12(6-4-11)17-7-10-18-8-1-2-9-18/h11-12,17H,1-10H2. The molecule has 106 valence electrons. The van der Waals surface area contributed by atoms with Crippen molar-refractivity contribution in [1.82, 2.24) is 10.2 Å². The van der Waals surface area contributed by atoms with E-state index in [-0.39, 0.29) is 0 Å². The van der Waals surface area contributed by atoms with Crippen molar-refractivity contribution in [3.63, 3.8) is 0 Å². The Balaban J connectivity index is 1.58. The number of nitrogens with one attached hydrogen (secondary N) is 1. The van der Waals surface area contributed by atoms with Crippen LogP contribution in [-0.2, 0) is 0 Å². The van der Waals surface area contributed by atoms with Crippen LogP contribution >= 0.6 is 0 Å². The van der Waals surface area contributed by atoms with E-state index in [1.807, 2.05) is 0 Å². The molecule has 5 heteroatoms. The fourth-order valence-corrected chi connectivity index (χ4v) is 3.06. The lowest BCUT2D eigenvalue weighted by molar-refractivity contribution is -0.182. The third kappa shape index (κ3) is 4.12. The molecule has 1 aliphatic heterocycles. The van der Waals surface area contributed by atoms with Gasteiger partial charge >= 0.3 is 6.18 Å². The number of nitrogens with zero attached hydrogens (tertiary/aromatic N) is 1. The molecule has 2 aliphatic rings. The van der Waals surface area contributed by atoms with Crippen LogP contribution in [0.1, 0.15) is 38.5 Å². The summed E-state index contributed by atoms with van der Waals surface area (Å²) >= 11 is 0. The van der Waals surface area contributed by atoms with Gasteiger partial charge in [0.25, 0.3) is 0 Å². The van der Waals surface area contributed by atoms with E-state index in [9.17, 15) is 13.2 Å². The van der Waals surface area contributed by atoms with Gasteiger partial charge in [0.2, 0.25) is 0 Å². The van der Waals surface area contributed by atoms with Crippen LogP contribution in [0.25, 0.3) is 0 Å². The van der Waals surface area contributed by atoms with Crippen LogP contribution in [0.5, 0.6) is 0 Å². The molecule has 0 bridgehead atoms.